The molecule has 9 rings (SSSR count). The van der Waals surface area contributed by atoms with Crippen LogP contribution in [0.15, 0.2) is 140 Å². The first-order valence-electron chi connectivity index (χ1n) is 14.2. The number of nitrogens with zero attached hydrogens (tertiary/aromatic N) is 3. The second-order valence-corrected chi connectivity index (χ2v) is 10.8. The molecular formula is C39H23N3. The zero-order chi connectivity index (χ0) is 27.6. The van der Waals surface area contributed by atoms with E-state index < -0.39 is 0 Å². The van der Waals surface area contributed by atoms with Crippen LogP contribution >= 0.6 is 0 Å². The number of aromatic nitrogens is 3. The Morgan fingerprint density at radius 1 is 0.357 bits per heavy atom. The first-order chi connectivity index (χ1) is 20.8. The van der Waals surface area contributed by atoms with Gasteiger partial charge in [0.1, 0.15) is 0 Å². The molecule has 0 spiro atoms. The quantitative estimate of drug-likeness (QED) is 0.164. The summed E-state index contributed by atoms with van der Waals surface area (Å²) < 4.78 is 0. The maximum Gasteiger partial charge on any atom is 0.0972 e. The van der Waals surface area contributed by atoms with Crippen LogP contribution in [0, 0.1) is 0 Å². The summed E-state index contributed by atoms with van der Waals surface area (Å²) in [6.07, 6.45) is 1.84. The molecule has 0 N–H and O–H groups in total. The Kier molecular flexibility index (Phi) is 4.90. The minimum atomic E-state index is 0.925. The molecule has 9 aromatic rings. The van der Waals surface area contributed by atoms with E-state index in [2.05, 4.69) is 132 Å². The molecular weight excluding hydrogens is 510 g/mol. The topological polar surface area (TPSA) is 38.7 Å². The summed E-state index contributed by atoms with van der Waals surface area (Å²) in [5.41, 5.74) is 8.25. The Hall–Kier alpha value is -5.67. The van der Waals surface area contributed by atoms with Crippen LogP contribution < -0.4 is 0 Å². The first kappa shape index (κ1) is 23.1. The molecule has 3 aromatic heterocycles. The zero-order valence-corrected chi connectivity index (χ0v) is 22.6. The molecule has 0 bridgehead atoms. The number of fused-ring (bicyclic) bond motifs is 9. The van der Waals surface area contributed by atoms with Gasteiger partial charge in [0.05, 0.1) is 27.8 Å². The standard InChI is InChI=1S/C39H23N3/c1-3-12-30-24(7-1)16-19-32-35(33-20-17-25-8-2-4-13-31(25)39(33)42-38(30)32)29-10-5-9-28(23-29)34-21-18-27-15-14-26-11-6-22-40-36(26)37(27)41-34/h1-23H. The zero-order valence-electron chi connectivity index (χ0n) is 22.6. The average molecular weight is 534 g/mol. The Balaban J connectivity index is 1.34. The minimum Gasteiger partial charge on any atom is -0.254 e. The summed E-state index contributed by atoms with van der Waals surface area (Å²) >= 11 is 0. The van der Waals surface area contributed by atoms with Crippen molar-refractivity contribution in [3.8, 4) is 22.4 Å². The van der Waals surface area contributed by atoms with Crippen LogP contribution in [0.25, 0.3) is 87.5 Å². The highest BCUT2D eigenvalue weighted by Crippen LogP contribution is 2.40. The predicted molar refractivity (Wildman–Crippen MR) is 176 cm³/mol. The van der Waals surface area contributed by atoms with E-state index in [-0.39, 0.29) is 0 Å². The SMILES string of the molecule is c1cc(-c2ccc3ccc4cccnc4c3n2)cc(-c2c3ccc4ccccc4c3nc3c2ccc2ccccc23)c1. The van der Waals surface area contributed by atoms with Gasteiger partial charge in [0.15, 0.2) is 0 Å². The van der Waals surface area contributed by atoms with Crippen molar-refractivity contribution >= 4 is 65.2 Å². The van der Waals surface area contributed by atoms with E-state index in [9.17, 15) is 0 Å². The van der Waals surface area contributed by atoms with E-state index in [1.807, 2.05) is 12.3 Å². The van der Waals surface area contributed by atoms with Gasteiger partial charge in [0, 0.05) is 49.6 Å². The molecule has 0 unspecified atom stereocenters. The molecule has 3 heteroatoms. The summed E-state index contributed by atoms with van der Waals surface area (Å²) in [4.78, 5) is 15.1. The molecule has 6 aromatic carbocycles. The number of hydrogen-bond acceptors (Lipinski definition) is 3. The monoisotopic (exact) mass is 533 g/mol. The lowest BCUT2D eigenvalue weighted by molar-refractivity contribution is 1.37. The highest BCUT2D eigenvalue weighted by molar-refractivity contribution is 6.21. The molecule has 0 aliphatic heterocycles. The number of pyridine rings is 3. The van der Waals surface area contributed by atoms with Gasteiger partial charge in [-0.1, -0.05) is 115 Å². The first-order valence-corrected chi connectivity index (χ1v) is 14.2. The summed E-state index contributed by atoms with van der Waals surface area (Å²) in [5.74, 6) is 0. The predicted octanol–water partition coefficient (Wildman–Crippen LogP) is 10.1. The van der Waals surface area contributed by atoms with Crippen LogP contribution in [0.1, 0.15) is 0 Å². The minimum absolute atomic E-state index is 0.925. The summed E-state index contributed by atoms with van der Waals surface area (Å²) in [7, 11) is 0. The van der Waals surface area contributed by atoms with Gasteiger partial charge >= 0.3 is 0 Å². The van der Waals surface area contributed by atoms with Gasteiger partial charge in [0.2, 0.25) is 0 Å². The van der Waals surface area contributed by atoms with Crippen LogP contribution in [-0.4, -0.2) is 15.0 Å². The molecule has 0 atom stereocenters. The van der Waals surface area contributed by atoms with Gasteiger partial charge in [-0.2, -0.15) is 0 Å². The second-order valence-electron chi connectivity index (χ2n) is 10.8. The molecule has 0 saturated heterocycles. The van der Waals surface area contributed by atoms with Gasteiger partial charge in [-0.15, -0.1) is 0 Å². The smallest absolute Gasteiger partial charge is 0.0972 e. The summed E-state index contributed by atoms with van der Waals surface area (Å²) in [6.45, 7) is 0. The molecule has 0 amide bonds. The lowest BCUT2D eigenvalue weighted by atomic mass is 9.91. The van der Waals surface area contributed by atoms with Crippen LogP contribution in [0.5, 0.6) is 0 Å². The Labute approximate surface area is 241 Å². The van der Waals surface area contributed by atoms with Crippen molar-refractivity contribution < 1.29 is 0 Å². The number of hydrogen-bond donors (Lipinski definition) is 0. The molecule has 0 radical (unpaired) electrons. The molecule has 3 heterocycles. The van der Waals surface area contributed by atoms with Crippen molar-refractivity contribution in [1.82, 2.24) is 15.0 Å². The Morgan fingerprint density at radius 2 is 0.952 bits per heavy atom. The Morgan fingerprint density at radius 3 is 1.69 bits per heavy atom. The van der Waals surface area contributed by atoms with E-state index >= 15 is 0 Å². The highest BCUT2D eigenvalue weighted by atomic mass is 14.8. The van der Waals surface area contributed by atoms with E-state index in [4.69, 9.17) is 9.97 Å². The fraction of sp³-hybridized carbons (Fsp3) is 0. The van der Waals surface area contributed by atoms with Crippen molar-refractivity contribution in [3.63, 3.8) is 0 Å². The molecule has 0 saturated carbocycles. The average Bonchev–Trinajstić information content (AvgIpc) is 3.07. The summed E-state index contributed by atoms with van der Waals surface area (Å²) in [6, 6.07) is 47.2. The van der Waals surface area contributed by atoms with Gasteiger partial charge in [0.25, 0.3) is 0 Å². The van der Waals surface area contributed by atoms with E-state index in [0.29, 0.717) is 0 Å². The highest BCUT2D eigenvalue weighted by Gasteiger charge is 2.16. The van der Waals surface area contributed by atoms with Gasteiger partial charge in [-0.25, -0.2) is 9.97 Å². The molecule has 0 aliphatic rings. The van der Waals surface area contributed by atoms with Crippen molar-refractivity contribution in [2.75, 3.05) is 0 Å². The third-order valence-corrected chi connectivity index (χ3v) is 8.44. The third kappa shape index (κ3) is 3.44. The van der Waals surface area contributed by atoms with Gasteiger partial charge in [-0.3, -0.25) is 4.98 Å². The maximum absolute atomic E-state index is 5.34. The number of benzene rings is 6. The van der Waals surface area contributed by atoms with Crippen molar-refractivity contribution in [1.29, 1.82) is 0 Å². The van der Waals surface area contributed by atoms with E-state index in [1.165, 1.54) is 16.3 Å². The van der Waals surface area contributed by atoms with Gasteiger partial charge in [-0.05, 0) is 34.5 Å². The molecule has 0 fully saturated rings. The van der Waals surface area contributed by atoms with Crippen LogP contribution in [0.3, 0.4) is 0 Å². The van der Waals surface area contributed by atoms with Crippen LogP contribution in [-0.2, 0) is 0 Å². The van der Waals surface area contributed by atoms with E-state index in [0.717, 1.165) is 71.2 Å². The van der Waals surface area contributed by atoms with Crippen LogP contribution in [0.2, 0.25) is 0 Å². The third-order valence-electron chi connectivity index (χ3n) is 8.44. The lowest BCUT2D eigenvalue weighted by Crippen LogP contribution is -1.93. The van der Waals surface area contributed by atoms with Crippen molar-refractivity contribution in [2.45, 2.75) is 0 Å². The fourth-order valence-corrected chi connectivity index (χ4v) is 6.44. The number of rotatable bonds is 2. The lowest BCUT2D eigenvalue weighted by Gasteiger charge is -2.15. The van der Waals surface area contributed by atoms with Crippen molar-refractivity contribution in [2.24, 2.45) is 0 Å². The van der Waals surface area contributed by atoms with Gasteiger partial charge < -0.3 is 0 Å². The molecule has 0 aliphatic carbocycles. The largest absolute Gasteiger partial charge is 0.254 e. The molecule has 3 nitrogen and oxygen atoms in total. The fourth-order valence-electron chi connectivity index (χ4n) is 6.44. The van der Waals surface area contributed by atoms with E-state index in [1.54, 1.807) is 0 Å². The maximum atomic E-state index is 5.34. The second kappa shape index (κ2) is 8.92. The normalized spacial score (nSPS) is 11.8. The molecule has 42 heavy (non-hydrogen) atoms. The summed E-state index contributed by atoms with van der Waals surface area (Å²) in [5, 5.41) is 9.20. The molecule has 194 valence electrons. The Bertz CT molecular complexity index is 2440. The van der Waals surface area contributed by atoms with Crippen molar-refractivity contribution in [3.05, 3.63) is 140 Å². The van der Waals surface area contributed by atoms with Crippen LogP contribution in [0.4, 0.5) is 0 Å².